The molecular formula is C12H19FN2O2S. The van der Waals surface area contributed by atoms with E-state index in [-0.39, 0.29) is 10.9 Å². The van der Waals surface area contributed by atoms with Crippen LogP contribution in [0.25, 0.3) is 0 Å². The fourth-order valence-corrected chi connectivity index (χ4v) is 3.13. The monoisotopic (exact) mass is 274 g/mol. The van der Waals surface area contributed by atoms with Gasteiger partial charge in [-0.15, -0.1) is 0 Å². The predicted octanol–water partition coefficient (Wildman–Crippen LogP) is 1.54. The topological polar surface area (TPSA) is 72.2 Å². The Hall–Kier alpha value is -0.980. The Morgan fingerprint density at radius 3 is 2.39 bits per heavy atom. The molecule has 3 N–H and O–H groups in total. The minimum atomic E-state index is -3.71. The molecule has 1 atom stereocenters. The molecule has 0 heterocycles. The van der Waals surface area contributed by atoms with Gasteiger partial charge in [-0.1, -0.05) is 0 Å². The summed E-state index contributed by atoms with van der Waals surface area (Å²) in [6.45, 7) is 6.68. The zero-order valence-electron chi connectivity index (χ0n) is 11.0. The molecule has 0 radical (unpaired) electrons. The van der Waals surface area contributed by atoms with Crippen molar-refractivity contribution in [3.63, 3.8) is 0 Å². The van der Waals surface area contributed by atoms with Gasteiger partial charge in [-0.3, -0.25) is 0 Å². The van der Waals surface area contributed by atoms with Crippen LogP contribution in [-0.4, -0.2) is 20.0 Å². The van der Waals surface area contributed by atoms with Crippen LogP contribution in [-0.2, 0) is 10.0 Å². The first-order valence-corrected chi connectivity index (χ1v) is 7.10. The van der Waals surface area contributed by atoms with Crippen LogP contribution in [0.2, 0.25) is 0 Å². The maximum atomic E-state index is 13.0. The zero-order valence-corrected chi connectivity index (χ0v) is 11.8. The highest BCUT2D eigenvalue weighted by atomic mass is 32.2. The number of nitrogens with two attached hydrogens (primary N) is 1. The molecule has 0 aliphatic carbocycles. The minimum Gasteiger partial charge on any atom is -0.326 e. The van der Waals surface area contributed by atoms with Gasteiger partial charge >= 0.3 is 0 Å². The van der Waals surface area contributed by atoms with Gasteiger partial charge in [0.15, 0.2) is 0 Å². The van der Waals surface area contributed by atoms with Gasteiger partial charge in [0.1, 0.15) is 5.82 Å². The van der Waals surface area contributed by atoms with E-state index >= 15 is 0 Å². The Morgan fingerprint density at radius 2 is 1.94 bits per heavy atom. The van der Waals surface area contributed by atoms with E-state index < -0.39 is 21.4 Å². The molecule has 1 aromatic rings. The van der Waals surface area contributed by atoms with Gasteiger partial charge in [-0.25, -0.2) is 17.5 Å². The lowest BCUT2D eigenvalue weighted by molar-refractivity contribution is 0.387. The first kappa shape index (κ1) is 15.1. The second-order valence-corrected chi connectivity index (χ2v) is 6.68. The quantitative estimate of drug-likeness (QED) is 0.874. The number of benzene rings is 1. The summed E-state index contributed by atoms with van der Waals surface area (Å²) < 4.78 is 39.9. The number of sulfonamides is 1. The van der Waals surface area contributed by atoms with Crippen molar-refractivity contribution >= 4 is 10.0 Å². The van der Waals surface area contributed by atoms with Gasteiger partial charge in [-0.05, 0) is 51.5 Å². The lowest BCUT2D eigenvalue weighted by atomic mass is 9.99. The number of hydrogen-bond donors (Lipinski definition) is 2. The smallest absolute Gasteiger partial charge is 0.241 e. The van der Waals surface area contributed by atoms with Crippen molar-refractivity contribution in [1.29, 1.82) is 0 Å². The first-order chi connectivity index (χ1) is 8.06. The van der Waals surface area contributed by atoms with Crippen molar-refractivity contribution in [2.45, 2.75) is 44.2 Å². The number of hydrogen-bond acceptors (Lipinski definition) is 3. The summed E-state index contributed by atoms with van der Waals surface area (Å²) in [5.74, 6) is -0.460. The standard InChI is InChI=1S/C12H19FN2O2S/c1-8-7-10(13)5-6-11(8)18(16,17)15-12(3,4)9(2)14/h5-7,9,15H,14H2,1-4H3. The molecule has 1 unspecified atom stereocenters. The first-order valence-electron chi connectivity index (χ1n) is 5.62. The van der Waals surface area contributed by atoms with Crippen molar-refractivity contribution < 1.29 is 12.8 Å². The SMILES string of the molecule is Cc1cc(F)ccc1S(=O)(=O)NC(C)(C)C(C)N. The molecule has 1 aromatic carbocycles. The van der Waals surface area contributed by atoms with E-state index in [1.54, 1.807) is 27.7 Å². The summed E-state index contributed by atoms with van der Waals surface area (Å²) in [4.78, 5) is 0.0672. The van der Waals surface area contributed by atoms with E-state index in [0.717, 1.165) is 6.07 Å². The lowest BCUT2D eigenvalue weighted by Gasteiger charge is -2.30. The molecule has 0 saturated carbocycles. The Morgan fingerprint density at radius 1 is 1.39 bits per heavy atom. The van der Waals surface area contributed by atoms with Crippen LogP contribution in [0, 0.1) is 12.7 Å². The molecule has 0 aliphatic heterocycles. The Labute approximate surface area is 107 Å². The highest BCUT2D eigenvalue weighted by Crippen LogP contribution is 2.19. The van der Waals surface area contributed by atoms with E-state index in [9.17, 15) is 12.8 Å². The summed E-state index contributed by atoms with van der Waals surface area (Å²) in [6.07, 6.45) is 0. The largest absolute Gasteiger partial charge is 0.326 e. The van der Waals surface area contributed by atoms with E-state index in [0.29, 0.717) is 5.56 Å². The normalized spacial score (nSPS) is 14.6. The molecule has 6 heteroatoms. The summed E-state index contributed by atoms with van der Waals surface area (Å²) in [5.41, 5.74) is 5.32. The molecule has 0 spiro atoms. The minimum absolute atomic E-state index is 0.0672. The van der Waals surface area contributed by atoms with Crippen molar-refractivity contribution in [3.8, 4) is 0 Å². The molecule has 18 heavy (non-hydrogen) atoms. The molecule has 1 rings (SSSR count). The Kier molecular flexibility index (Phi) is 4.15. The van der Waals surface area contributed by atoms with Crippen molar-refractivity contribution in [3.05, 3.63) is 29.6 Å². The molecule has 4 nitrogen and oxygen atoms in total. The van der Waals surface area contributed by atoms with Crippen LogP contribution in [0.5, 0.6) is 0 Å². The maximum Gasteiger partial charge on any atom is 0.241 e. The van der Waals surface area contributed by atoms with E-state index in [1.807, 2.05) is 0 Å². The molecule has 0 aromatic heterocycles. The molecule has 0 saturated heterocycles. The third kappa shape index (κ3) is 3.28. The Balaban J connectivity index is 3.15. The number of aryl methyl sites for hydroxylation is 1. The number of nitrogens with one attached hydrogen (secondary N) is 1. The van der Waals surface area contributed by atoms with Crippen molar-refractivity contribution in [2.24, 2.45) is 5.73 Å². The van der Waals surface area contributed by atoms with Crippen LogP contribution in [0.15, 0.2) is 23.1 Å². The van der Waals surface area contributed by atoms with Gasteiger partial charge in [-0.2, -0.15) is 0 Å². The highest BCUT2D eigenvalue weighted by Gasteiger charge is 2.30. The third-order valence-corrected chi connectivity index (χ3v) is 4.79. The number of halogens is 1. The highest BCUT2D eigenvalue weighted by molar-refractivity contribution is 7.89. The lowest BCUT2D eigenvalue weighted by Crippen LogP contribution is -2.54. The zero-order chi connectivity index (χ0) is 14.1. The van der Waals surface area contributed by atoms with Gasteiger partial charge in [0.25, 0.3) is 0 Å². The molecule has 102 valence electrons. The van der Waals surface area contributed by atoms with Crippen molar-refractivity contribution in [2.75, 3.05) is 0 Å². The number of rotatable bonds is 4. The summed E-state index contributed by atoms with van der Waals surface area (Å²) in [7, 11) is -3.71. The fourth-order valence-electron chi connectivity index (χ4n) is 1.41. The molecule has 0 aliphatic rings. The third-order valence-electron chi connectivity index (χ3n) is 2.96. The average Bonchev–Trinajstić information content (AvgIpc) is 2.14. The van der Waals surface area contributed by atoms with E-state index in [4.69, 9.17) is 5.73 Å². The van der Waals surface area contributed by atoms with Crippen LogP contribution in [0.3, 0.4) is 0 Å². The van der Waals surface area contributed by atoms with Gasteiger partial charge in [0, 0.05) is 11.6 Å². The van der Waals surface area contributed by atoms with Crippen LogP contribution in [0.1, 0.15) is 26.3 Å². The van der Waals surface area contributed by atoms with E-state index in [2.05, 4.69) is 4.72 Å². The second-order valence-electron chi connectivity index (χ2n) is 5.03. The van der Waals surface area contributed by atoms with Crippen LogP contribution < -0.4 is 10.5 Å². The molecule has 0 bridgehead atoms. The van der Waals surface area contributed by atoms with Gasteiger partial charge < -0.3 is 5.73 Å². The van der Waals surface area contributed by atoms with E-state index in [1.165, 1.54) is 12.1 Å². The van der Waals surface area contributed by atoms with Crippen LogP contribution >= 0.6 is 0 Å². The molecular weight excluding hydrogens is 255 g/mol. The van der Waals surface area contributed by atoms with Gasteiger partial charge in [0.05, 0.1) is 4.90 Å². The molecule has 0 amide bonds. The summed E-state index contributed by atoms with van der Waals surface area (Å²) in [5, 5.41) is 0. The van der Waals surface area contributed by atoms with Crippen molar-refractivity contribution in [1.82, 2.24) is 4.72 Å². The summed E-state index contributed by atoms with van der Waals surface area (Å²) >= 11 is 0. The predicted molar refractivity (Wildman–Crippen MR) is 69.2 cm³/mol. The van der Waals surface area contributed by atoms with Crippen LogP contribution in [0.4, 0.5) is 4.39 Å². The molecule has 0 fully saturated rings. The fraction of sp³-hybridized carbons (Fsp3) is 0.500. The Bertz CT molecular complexity index is 539. The second kappa shape index (κ2) is 4.95. The summed E-state index contributed by atoms with van der Waals surface area (Å²) in [6, 6.07) is 3.21. The van der Waals surface area contributed by atoms with Gasteiger partial charge in [0.2, 0.25) is 10.0 Å². The average molecular weight is 274 g/mol. The maximum absolute atomic E-state index is 13.0.